The molecule has 0 bridgehead atoms. The van der Waals surface area contributed by atoms with Gasteiger partial charge in [-0.05, 0) is 31.0 Å². The number of anilines is 1. The Bertz CT molecular complexity index is 635. The van der Waals surface area contributed by atoms with Crippen LogP contribution in [0.25, 0.3) is 0 Å². The summed E-state index contributed by atoms with van der Waals surface area (Å²) in [4.78, 5) is 11.7. The van der Waals surface area contributed by atoms with Crippen LogP contribution < -0.4 is 5.43 Å². The standard InChI is InChI=1S/C13H9ClN4O/c14-11-5-10(4-3-9(11)6-15)17-18-12(7-16)13(19)8-1-2-8/h3-5,8,17H,1-2H2/b18-12+. The fourth-order valence-corrected chi connectivity index (χ4v) is 1.69. The molecule has 0 amide bonds. The summed E-state index contributed by atoms with van der Waals surface area (Å²) in [6.07, 6.45) is 1.64. The lowest BCUT2D eigenvalue weighted by molar-refractivity contribution is -0.113. The minimum absolute atomic E-state index is 0.0512. The van der Waals surface area contributed by atoms with E-state index in [1.807, 2.05) is 6.07 Å². The van der Waals surface area contributed by atoms with Crippen LogP contribution in [0.4, 0.5) is 5.69 Å². The van der Waals surface area contributed by atoms with E-state index in [0.717, 1.165) is 12.8 Å². The zero-order chi connectivity index (χ0) is 13.8. The number of benzene rings is 1. The second-order valence-electron chi connectivity index (χ2n) is 4.13. The molecule has 1 aliphatic rings. The SMILES string of the molecule is N#C/C(=N\Nc1ccc(C#N)c(Cl)c1)C(=O)C1CC1. The van der Waals surface area contributed by atoms with E-state index in [1.54, 1.807) is 12.1 Å². The Morgan fingerprint density at radius 3 is 2.68 bits per heavy atom. The van der Waals surface area contributed by atoms with Crippen LogP contribution in [0.5, 0.6) is 0 Å². The van der Waals surface area contributed by atoms with E-state index in [9.17, 15) is 4.79 Å². The molecular weight excluding hydrogens is 264 g/mol. The largest absolute Gasteiger partial charge is 0.291 e. The highest BCUT2D eigenvalue weighted by molar-refractivity contribution is 6.47. The summed E-state index contributed by atoms with van der Waals surface area (Å²) in [6, 6.07) is 8.37. The second kappa shape index (κ2) is 5.51. The fraction of sp³-hybridized carbons (Fsp3) is 0.231. The lowest BCUT2D eigenvalue weighted by Gasteiger charge is -2.02. The lowest BCUT2D eigenvalue weighted by atomic mass is 10.2. The minimum Gasteiger partial charge on any atom is -0.291 e. The van der Waals surface area contributed by atoms with Crippen LogP contribution in [-0.2, 0) is 4.79 Å². The molecule has 0 saturated heterocycles. The molecule has 2 rings (SSSR count). The van der Waals surface area contributed by atoms with Gasteiger partial charge in [0.05, 0.1) is 16.3 Å². The first-order valence-electron chi connectivity index (χ1n) is 5.63. The van der Waals surface area contributed by atoms with Crippen molar-refractivity contribution >= 4 is 28.8 Å². The van der Waals surface area contributed by atoms with Gasteiger partial charge < -0.3 is 0 Å². The van der Waals surface area contributed by atoms with E-state index in [4.69, 9.17) is 22.1 Å². The van der Waals surface area contributed by atoms with Gasteiger partial charge in [-0.25, -0.2) is 0 Å². The van der Waals surface area contributed by atoms with Crippen LogP contribution >= 0.6 is 11.6 Å². The monoisotopic (exact) mass is 272 g/mol. The zero-order valence-electron chi connectivity index (χ0n) is 9.85. The molecule has 0 spiro atoms. The molecule has 0 aliphatic heterocycles. The summed E-state index contributed by atoms with van der Waals surface area (Å²) in [5.41, 5.74) is 3.33. The Balaban J connectivity index is 2.12. The van der Waals surface area contributed by atoms with Gasteiger partial charge in [0.25, 0.3) is 0 Å². The highest BCUT2D eigenvalue weighted by Crippen LogP contribution is 2.30. The second-order valence-corrected chi connectivity index (χ2v) is 4.54. The summed E-state index contributed by atoms with van der Waals surface area (Å²) >= 11 is 5.86. The third kappa shape index (κ3) is 3.09. The summed E-state index contributed by atoms with van der Waals surface area (Å²) in [7, 11) is 0. The maximum Gasteiger partial charge on any atom is 0.203 e. The molecule has 0 heterocycles. The Labute approximate surface area is 115 Å². The van der Waals surface area contributed by atoms with Crippen molar-refractivity contribution in [2.24, 2.45) is 11.0 Å². The number of rotatable bonds is 4. The number of Topliss-reactive ketones (excluding diaryl/α,β-unsaturated/α-hetero) is 1. The van der Waals surface area contributed by atoms with Crippen molar-refractivity contribution in [2.45, 2.75) is 12.8 Å². The van der Waals surface area contributed by atoms with Crippen molar-refractivity contribution in [3.63, 3.8) is 0 Å². The number of hydrazone groups is 1. The number of ketones is 1. The van der Waals surface area contributed by atoms with Gasteiger partial charge in [-0.15, -0.1) is 0 Å². The van der Waals surface area contributed by atoms with Crippen molar-refractivity contribution in [2.75, 3.05) is 5.43 Å². The highest BCUT2D eigenvalue weighted by Gasteiger charge is 2.33. The first kappa shape index (κ1) is 13.1. The van der Waals surface area contributed by atoms with Gasteiger partial charge in [0.15, 0.2) is 5.78 Å². The fourth-order valence-electron chi connectivity index (χ4n) is 1.47. The lowest BCUT2D eigenvalue weighted by Crippen LogP contribution is -2.15. The molecule has 0 radical (unpaired) electrons. The number of carbonyl (C=O) groups is 1. The number of nitrogens with one attached hydrogen (secondary N) is 1. The molecule has 5 nitrogen and oxygen atoms in total. The van der Waals surface area contributed by atoms with E-state index in [0.29, 0.717) is 11.3 Å². The van der Waals surface area contributed by atoms with Gasteiger partial charge >= 0.3 is 0 Å². The predicted molar refractivity (Wildman–Crippen MR) is 70.6 cm³/mol. The van der Waals surface area contributed by atoms with Crippen LogP contribution in [0.1, 0.15) is 18.4 Å². The van der Waals surface area contributed by atoms with Crippen molar-refractivity contribution in [1.29, 1.82) is 10.5 Å². The van der Waals surface area contributed by atoms with Gasteiger partial charge in [-0.2, -0.15) is 15.6 Å². The van der Waals surface area contributed by atoms with Crippen molar-refractivity contribution < 1.29 is 4.79 Å². The van der Waals surface area contributed by atoms with Crippen LogP contribution in [0.3, 0.4) is 0 Å². The van der Waals surface area contributed by atoms with Crippen LogP contribution in [-0.4, -0.2) is 11.5 Å². The van der Waals surface area contributed by atoms with Gasteiger partial charge in [0, 0.05) is 5.92 Å². The molecule has 1 saturated carbocycles. The van der Waals surface area contributed by atoms with Crippen LogP contribution in [0.15, 0.2) is 23.3 Å². The number of nitrogens with zero attached hydrogens (tertiary/aromatic N) is 3. The van der Waals surface area contributed by atoms with E-state index < -0.39 is 0 Å². The predicted octanol–water partition coefficient (Wildman–Crippen LogP) is 2.48. The Hall–Kier alpha value is -2.37. The van der Waals surface area contributed by atoms with E-state index in [-0.39, 0.29) is 22.4 Å². The van der Waals surface area contributed by atoms with Crippen LogP contribution in [0, 0.1) is 28.6 Å². The van der Waals surface area contributed by atoms with Crippen LogP contribution in [0.2, 0.25) is 5.02 Å². The van der Waals surface area contributed by atoms with Crippen molar-refractivity contribution in [3.8, 4) is 12.1 Å². The molecule has 1 fully saturated rings. The average molecular weight is 273 g/mol. The van der Waals surface area contributed by atoms with E-state index >= 15 is 0 Å². The molecule has 1 aromatic rings. The van der Waals surface area contributed by atoms with Gasteiger partial charge in [-0.1, -0.05) is 11.6 Å². The Morgan fingerprint density at radius 2 is 2.16 bits per heavy atom. The minimum atomic E-state index is -0.227. The molecular formula is C13H9ClN4O. The summed E-state index contributed by atoms with van der Waals surface area (Å²) in [5, 5.41) is 21.7. The molecule has 1 aromatic carbocycles. The van der Waals surface area contributed by atoms with Gasteiger partial charge in [0.1, 0.15) is 12.1 Å². The summed E-state index contributed by atoms with van der Waals surface area (Å²) < 4.78 is 0. The molecule has 6 heteroatoms. The summed E-state index contributed by atoms with van der Waals surface area (Å²) in [5.74, 6) is -0.278. The van der Waals surface area contributed by atoms with E-state index in [1.165, 1.54) is 12.1 Å². The highest BCUT2D eigenvalue weighted by atomic mass is 35.5. The number of carbonyl (C=O) groups excluding carboxylic acids is 1. The molecule has 19 heavy (non-hydrogen) atoms. The Morgan fingerprint density at radius 1 is 1.42 bits per heavy atom. The topological polar surface area (TPSA) is 89.0 Å². The average Bonchev–Trinajstić information content (AvgIpc) is 3.23. The molecule has 1 aliphatic carbocycles. The number of hydrogen-bond acceptors (Lipinski definition) is 5. The molecule has 94 valence electrons. The molecule has 1 N–H and O–H groups in total. The van der Waals surface area contributed by atoms with E-state index in [2.05, 4.69) is 10.5 Å². The molecule has 0 atom stereocenters. The van der Waals surface area contributed by atoms with Gasteiger partial charge in [-0.3, -0.25) is 10.2 Å². The molecule has 0 aromatic heterocycles. The maximum atomic E-state index is 11.7. The maximum absolute atomic E-state index is 11.7. The zero-order valence-corrected chi connectivity index (χ0v) is 10.6. The first-order chi connectivity index (χ1) is 9.15. The smallest absolute Gasteiger partial charge is 0.203 e. The summed E-state index contributed by atoms with van der Waals surface area (Å²) in [6.45, 7) is 0. The van der Waals surface area contributed by atoms with Gasteiger partial charge in [0.2, 0.25) is 5.71 Å². The number of hydrogen-bond donors (Lipinski definition) is 1. The van der Waals surface area contributed by atoms with Crippen molar-refractivity contribution in [3.05, 3.63) is 28.8 Å². The third-order valence-corrected chi connectivity index (χ3v) is 2.99. The Kier molecular flexibility index (Phi) is 3.79. The number of nitriles is 2. The first-order valence-corrected chi connectivity index (χ1v) is 6.01. The normalized spacial score (nSPS) is 14.4. The van der Waals surface area contributed by atoms with Crippen molar-refractivity contribution in [1.82, 2.24) is 0 Å². The quantitative estimate of drug-likeness (QED) is 0.673. The third-order valence-electron chi connectivity index (χ3n) is 2.67. The number of halogens is 1. The molecule has 0 unspecified atom stereocenters.